The molecule has 1 aromatic heterocycles. The van der Waals surface area contributed by atoms with Gasteiger partial charge < -0.3 is 9.55 Å². The van der Waals surface area contributed by atoms with Crippen molar-refractivity contribution in [3.8, 4) is 0 Å². The number of nitrogens with zero attached hydrogens (tertiary/aromatic N) is 1. The van der Waals surface area contributed by atoms with Crippen LogP contribution < -0.4 is 0 Å². The predicted octanol–water partition coefficient (Wildman–Crippen LogP) is 3.57. The Bertz CT molecular complexity index is 714. The van der Waals surface area contributed by atoms with E-state index in [0.717, 1.165) is 23.9 Å². The van der Waals surface area contributed by atoms with Crippen LogP contribution in [-0.4, -0.2) is 25.3 Å². The molecular formula is C12H12ClFN2OS2. The highest BCUT2D eigenvalue weighted by atomic mass is 35.5. The lowest BCUT2D eigenvalue weighted by Crippen LogP contribution is -2.21. The highest BCUT2D eigenvalue weighted by Crippen LogP contribution is 2.29. The molecule has 0 atom stereocenters. The summed E-state index contributed by atoms with van der Waals surface area (Å²) in [6.45, 7) is 0. The number of H-pyrrole nitrogens is 1. The summed E-state index contributed by atoms with van der Waals surface area (Å²) >= 11 is 11.1. The monoisotopic (exact) mass is 318 g/mol. The Morgan fingerprint density at radius 3 is 2.79 bits per heavy atom. The standard InChI is InChI=1S/C12H12ClFN2OS2/c13-8-5-10-11(6-9(8)14)16(12(18)15-10)7-1-3-19(17)4-2-7/h5-7H,1-4H2,(H,15,18). The van der Waals surface area contributed by atoms with Crippen LogP contribution in [0, 0.1) is 10.6 Å². The number of aromatic nitrogens is 2. The van der Waals surface area contributed by atoms with Crippen LogP contribution in [0.15, 0.2) is 12.1 Å². The fourth-order valence-corrected chi connectivity index (χ4v) is 4.32. The minimum atomic E-state index is -0.724. The highest BCUT2D eigenvalue weighted by Gasteiger charge is 2.22. The second kappa shape index (κ2) is 5.00. The summed E-state index contributed by atoms with van der Waals surface area (Å²) in [5.41, 5.74) is 1.47. The van der Waals surface area contributed by atoms with Gasteiger partial charge in [-0.2, -0.15) is 0 Å². The molecule has 1 saturated heterocycles. The van der Waals surface area contributed by atoms with Crippen molar-refractivity contribution in [3.63, 3.8) is 0 Å². The Morgan fingerprint density at radius 1 is 1.42 bits per heavy atom. The van der Waals surface area contributed by atoms with E-state index in [9.17, 15) is 8.60 Å². The van der Waals surface area contributed by atoms with Gasteiger partial charge >= 0.3 is 0 Å². The molecule has 1 aliphatic rings. The molecule has 3 nitrogen and oxygen atoms in total. The van der Waals surface area contributed by atoms with Gasteiger partial charge in [-0.3, -0.25) is 4.21 Å². The fraction of sp³-hybridized carbons (Fsp3) is 0.417. The molecule has 102 valence electrons. The molecule has 19 heavy (non-hydrogen) atoms. The van der Waals surface area contributed by atoms with Crippen LogP contribution in [0.25, 0.3) is 11.0 Å². The number of halogens is 2. The maximum absolute atomic E-state index is 13.6. The first kappa shape index (κ1) is 13.3. The molecule has 2 heterocycles. The zero-order valence-electron chi connectivity index (χ0n) is 9.99. The van der Waals surface area contributed by atoms with Gasteiger partial charge in [-0.1, -0.05) is 11.6 Å². The van der Waals surface area contributed by atoms with Crippen molar-refractivity contribution in [1.82, 2.24) is 9.55 Å². The normalized spacial score (nSPS) is 23.9. The van der Waals surface area contributed by atoms with Crippen molar-refractivity contribution in [1.29, 1.82) is 0 Å². The number of hydrogen-bond donors (Lipinski definition) is 1. The van der Waals surface area contributed by atoms with Gasteiger partial charge in [0.2, 0.25) is 0 Å². The zero-order valence-corrected chi connectivity index (χ0v) is 12.4. The smallest absolute Gasteiger partial charge is 0.178 e. The van der Waals surface area contributed by atoms with Crippen LogP contribution in [0.5, 0.6) is 0 Å². The molecule has 1 aliphatic heterocycles. The third-order valence-electron chi connectivity index (χ3n) is 3.48. The van der Waals surface area contributed by atoms with E-state index in [1.54, 1.807) is 6.07 Å². The quantitative estimate of drug-likeness (QED) is 0.816. The molecule has 0 radical (unpaired) electrons. The SMILES string of the molecule is O=S1CCC(n2c(=S)[nH]c3cc(Cl)c(F)cc32)CC1. The van der Waals surface area contributed by atoms with E-state index in [-0.39, 0.29) is 11.1 Å². The minimum Gasteiger partial charge on any atom is -0.331 e. The van der Waals surface area contributed by atoms with Crippen molar-refractivity contribution in [2.75, 3.05) is 11.5 Å². The first-order valence-electron chi connectivity index (χ1n) is 6.00. The average molecular weight is 319 g/mol. The molecule has 0 aliphatic carbocycles. The number of fused-ring (bicyclic) bond motifs is 1. The van der Waals surface area contributed by atoms with Crippen molar-refractivity contribution in [2.45, 2.75) is 18.9 Å². The number of rotatable bonds is 1. The average Bonchev–Trinajstić information content (AvgIpc) is 2.67. The third kappa shape index (κ3) is 2.37. The van der Waals surface area contributed by atoms with Crippen LogP contribution >= 0.6 is 23.8 Å². The predicted molar refractivity (Wildman–Crippen MR) is 78.2 cm³/mol. The molecule has 0 amide bonds. The second-order valence-corrected chi connectivity index (χ2v) is 7.15. The lowest BCUT2D eigenvalue weighted by molar-refractivity contribution is 0.468. The summed E-state index contributed by atoms with van der Waals surface area (Å²) in [5.74, 6) is 0.904. The molecule has 1 fully saturated rings. The van der Waals surface area contributed by atoms with E-state index in [4.69, 9.17) is 23.8 Å². The van der Waals surface area contributed by atoms with Crippen LogP contribution in [0.1, 0.15) is 18.9 Å². The van der Waals surface area contributed by atoms with E-state index < -0.39 is 16.6 Å². The first-order chi connectivity index (χ1) is 9.06. The van der Waals surface area contributed by atoms with Crippen molar-refractivity contribution in [2.24, 2.45) is 0 Å². The number of nitrogens with one attached hydrogen (secondary N) is 1. The van der Waals surface area contributed by atoms with E-state index >= 15 is 0 Å². The van der Waals surface area contributed by atoms with Crippen molar-refractivity contribution >= 4 is 45.7 Å². The molecule has 1 N–H and O–H groups in total. The Labute approximate surface area is 122 Å². The maximum Gasteiger partial charge on any atom is 0.178 e. The summed E-state index contributed by atoms with van der Waals surface area (Å²) in [7, 11) is -0.724. The zero-order chi connectivity index (χ0) is 13.6. The first-order valence-corrected chi connectivity index (χ1v) is 8.28. The van der Waals surface area contributed by atoms with Crippen LogP contribution in [0.3, 0.4) is 0 Å². The number of benzene rings is 1. The third-order valence-corrected chi connectivity index (χ3v) is 5.45. The Balaban J connectivity index is 2.12. The van der Waals surface area contributed by atoms with E-state index in [2.05, 4.69) is 4.98 Å². The Hall–Kier alpha value is -0.720. The van der Waals surface area contributed by atoms with Crippen molar-refractivity contribution in [3.05, 3.63) is 27.7 Å². The minimum absolute atomic E-state index is 0.0839. The maximum atomic E-state index is 13.6. The van der Waals surface area contributed by atoms with Crippen LogP contribution in [0.2, 0.25) is 5.02 Å². The Morgan fingerprint density at radius 2 is 2.11 bits per heavy atom. The summed E-state index contributed by atoms with van der Waals surface area (Å²) in [6.07, 6.45) is 1.61. The summed E-state index contributed by atoms with van der Waals surface area (Å²) in [6, 6.07) is 3.15. The largest absolute Gasteiger partial charge is 0.331 e. The number of aromatic amines is 1. The molecule has 0 unspecified atom stereocenters. The van der Waals surface area contributed by atoms with Gasteiger partial charge in [0.15, 0.2) is 4.77 Å². The van der Waals surface area contributed by atoms with E-state index in [0.29, 0.717) is 16.3 Å². The van der Waals surface area contributed by atoms with Gasteiger partial charge in [0.1, 0.15) is 5.82 Å². The molecule has 0 saturated carbocycles. The molecule has 1 aromatic carbocycles. The topological polar surface area (TPSA) is 37.8 Å². The lowest BCUT2D eigenvalue weighted by Gasteiger charge is -2.23. The highest BCUT2D eigenvalue weighted by molar-refractivity contribution is 7.85. The summed E-state index contributed by atoms with van der Waals surface area (Å²) < 4.78 is 27.5. The van der Waals surface area contributed by atoms with Crippen molar-refractivity contribution < 1.29 is 8.60 Å². The molecular weight excluding hydrogens is 307 g/mol. The molecule has 3 rings (SSSR count). The van der Waals surface area contributed by atoms with Gasteiger partial charge in [0, 0.05) is 34.4 Å². The summed E-state index contributed by atoms with van der Waals surface area (Å²) in [4.78, 5) is 3.05. The van der Waals surface area contributed by atoms with Gasteiger partial charge in [0.25, 0.3) is 0 Å². The van der Waals surface area contributed by atoms with Crippen LogP contribution in [-0.2, 0) is 10.8 Å². The van der Waals surface area contributed by atoms with Gasteiger partial charge in [-0.25, -0.2) is 4.39 Å². The molecule has 0 bridgehead atoms. The van der Waals surface area contributed by atoms with Gasteiger partial charge in [-0.15, -0.1) is 0 Å². The lowest BCUT2D eigenvalue weighted by atomic mass is 10.1. The number of imidazole rings is 1. The second-order valence-electron chi connectivity index (χ2n) is 4.66. The van der Waals surface area contributed by atoms with E-state index in [1.807, 2.05) is 4.57 Å². The number of hydrogen-bond acceptors (Lipinski definition) is 2. The van der Waals surface area contributed by atoms with Gasteiger partial charge in [-0.05, 0) is 31.1 Å². The summed E-state index contributed by atoms with van der Waals surface area (Å²) in [5, 5.41) is 0.0839. The van der Waals surface area contributed by atoms with E-state index in [1.165, 1.54) is 6.07 Å². The van der Waals surface area contributed by atoms with Gasteiger partial charge in [0.05, 0.1) is 16.1 Å². The molecule has 0 spiro atoms. The Kier molecular flexibility index (Phi) is 3.49. The molecule has 2 aromatic rings. The van der Waals surface area contributed by atoms with Crippen LogP contribution in [0.4, 0.5) is 4.39 Å². The molecule has 7 heteroatoms. The fourth-order valence-electron chi connectivity index (χ4n) is 2.52.